The SMILES string of the molecule is CCN(CC)C(=O)c1ccc(CC2CCN(C(C)=O)CC2)cc1. The molecule has 0 aromatic heterocycles. The number of likely N-dealkylation sites (tertiary alicyclic amines) is 1. The lowest BCUT2D eigenvalue weighted by atomic mass is 9.90. The van der Waals surface area contributed by atoms with Crippen LogP contribution in [0.2, 0.25) is 0 Å². The second-order valence-electron chi connectivity index (χ2n) is 6.33. The lowest BCUT2D eigenvalue weighted by Gasteiger charge is -2.31. The summed E-state index contributed by atoms with van der Waals surface area (Å²) in [6.07, 6.45) is 3.17. The molecule has 1 aliphatic rings. The van der Waals surface area contributed by atoms with Gasteiger partial charge in [0.25, 0.3) is 5.91 Å². The van der Waals surface area contributed by atoms with Gasteiger partial charge in [-0.2, -0.15) is 0 Å². The minimum Gasteiger partial charge on any atom is -0.343 e. The van der Waals surface area contributed by atoms with Crippen LogP contribution < -0.4 is 0 Å². The number of hydrogen-bond donors (Lipinski definition) is 0. The summed E-state index contributed by atoms with van der Waals surface area (Å²) in [6, 6.07) is 8.05. The van der Waals surface area contributed by atoms with Crippen molar-refractivity contribution >= 4 is 11.8 Å². The van der Waals surface area contributed by atoms with Crippen LogP contribution in [0.4, 0.5) is 0 Å². The number of rotatable bonds is 5. The van der Waals surface area contributed by atoms with Crippen LogP contribution >= 0.6 is 0 Å². The molecule has 23 heavy (non-hydrogen) atoms. The molecule has 0 aliphatic carbocycles. The van der Waals surface area contributed by atoms with Gasteiger partial charge in [0, 0.05) is 38.7 Å². The molecule has 0 bridgehead atoms. The molecule has 4 heteroatoms. The van der Waals surface area contributed by atoms with Crippen LogP contribution in [0.5, 0.6) is 0 Å². The van der Waals surface area contributed by atoms with Crippen LogP contribution in [-0.2, 0) is 11.2 Å². The van der Waals surface area contributed by atoms with Gasteiger partial charge in [0.1, 0.15) is 0 Å². The highest BCUT2D eigenvalue weighted by atomic mass is 16.2. The van der Waals surface area contributed by atoms with Gasteiger partial charge in [0.2, 0.25) is 5.91 Å². The predicted octanol–water partition coefficient (Wildman–Crippen LogP) is 2.97. The van der Waals surface area contributed by atoms with Crippen molar-refractivity contribution in [2.45, 2.75) is 40.0 Å². The van der Waals surface area contributed by atoms with Crippen molar-refractivity contribution in [1.29, 1.82) is 0 Å². The second-order valence-corrected chi connectivity index (χ2v) is 6.33. The van der Waals surface area contributed by atoms with E-state index in [4.69, 9.17) is 0 Å². The Morgan fingerprint density at radius 1 is 1.09 bits per heavy atom. The maximum atomic E-state index is 12.3. The number of nitrogens with zero attached hydrogens (tertiary/aromatic N) is 2. The zero-order valence-electron chi connectivity index (χ0n) is 14.5. The molecular weight excluding hydrogens is 288 g/mol. The first-order chi connectivity index (χ1) is 11.0. The molecule has 1 aromatic carbocycles. The summed E-state index contributed by atoms with van der Waals surface area (Å²) in [5.41, 5.74) is 2.05. The molecule has 0 N–H and O–H groups in total. The van der Waals surface area contributed by atoms with E-state index in [1.807, 2.05) is 35.8 Å². The quantitative estimate of drug-likeness (QED) is 0.838. The van der Waals surface area contributed by atoms with Gasteiger partial charge >= 0.3 is 0 Å². The van der Waals surface area contributed by atoms with Crippen molar-refractivity contribution < 1.29 is 9.59 Å². The van der Waals surface area contributed by atoms with Crippen LogP contribution in [0.15, 0.2) is 24.3 Å². The minimum absolute atomic E-state index is 0.108. The monoisotopic (exact) mass is 316 g/mol. The molecule has 0 unspecified atom stereocenters. The molecule has 0 spiro atoms. The number of amides is 2. The number of piperidine rings is 1. The van der Waals surface area contributed by atoms with Gasteiger partial charge in [-0.15, -0.1) is 0 Å². The molecule has 1 aliphatic heterocycles. The molecule has 1 aromatic rings. The first-order valence-corrected chi connectivity index (χ1v) is 8.68. The van der Waals surface area contributed by atoms with Gasteiger partial charge in [0.05, 0.1) is 0 Å². The molecule has 1 saturated heterocycles. The van der Waals surface area contributed by atoms with E-state index in [9.17, 15) is 9.59 Å². The number of carbonyl (C=O) groups is 2. The normalized spacial score (nSPS) is 15.5. The molecule has 0 radical (unpaired) electrons. The summed E-state index contributed by atoms with van der Waals surface area (Å²) < 4.78 is 0. The van der Waals surface area contributed by atoms with Crippen molar-refractivity contribution in [2.24, 2.45) is 5.92 Å². The minimum atomic E-state index is 0.108. The summed E-state index contributed by atoms with van der Waals surface area (Å²) >= 11 is 0. The fraction of sp³-hybridized carbons (Fsp3) is 0.579. The van der Waals surface area contributed by atoms with Gasteiger partial charge in [-0.1, -0.05) is 12.1 Å². The van der Waals surface area contributed by atoms with Crippen LogP contribution in [0.3, 0.4) is 0 Å². The third kappa shape index (κ3) is 4.57. The van der Waals surface area contributed by atoms with Crippen molar-refractivity contribution in [3.05, 3.63) is 35.4 Å². The highest BCUT2D eigenvalue weighted by Gasteiger charge is 2.21. The van der Waals surface area contributed by atoms with E-state index in [0.717, 1.165) is 51.0 Å². The summed E-state index contributed by atoms with van der Waals surface area (Å²) in [6.45, 7) is 8.88. The lowest BCUT2D eigenvalue weighted by molar-refractivity contribution is -0.130. The topological polar surface area (TPSA) is 40.6 Å². The van der Waals surface area contributed by atoms with Crippen LogP contribution in [0, 0.1) is 5.92 Å². The Hall–Kier alpha value is -1.84. The Kier molecular flexibility index (Phi) is 6.20. The maximum absolute atomic E-state index is 12.3. The third-order valence-corrected chi connectivity index (χ3v) is 4.84. The van der Waals surface area contributed by atoms with Crippen LogP contribution in [-0.4, -0.2) is 47.8 Å². The van der Waals surface area contributed by atoms with E-state index < -0.39 is 0 Å². The zero-order valence-corrected chi connectivity index (χ0v) is 14.5. The average molecular weight is 316 g/mol. The molecule has 126 valence electrons. The van der Waals surface area contributed by atoms with Gasteiger partial charge in [-0.05, 0) is 56.7 Å². The predicted molar refractivity (Wildman–Crippen MR) is 92.4 cm³/mol. The number of carbonyl (C=O) groups excluding carboxylic acids is 2. The van der Waals surface area contributed by atoms with Crippen molar-refractivity contribution in [2.75, 3.05) is 26.2 Å². The van der Waals surface area contributed by atoms with E-state index in [0.29, 0.717) is 5.92 Å². The second kappa shape index (κ2) is 8.14. The summed E-state index contributed by atoms with van der Waals surface area (Å²) in [5, 5.41) is 0. The highest BCUT2D eigenvalue weighted by Crippen LogP contribution is 2.22. The molecule has 4 nitrogen and oxygen atoms in total. The Morgan fingerprint density at radius 2 is 1.65 bits per heavy atom. The van der Waals surface area contributed by atoms with Crippen LogP contribution in [0.1, 0.15) is 49.5 Å². The number of hydrogen-bond acceptors (Lipinski definition) is 2. The Balaban J connectivity index is 1.91. The van der Waals surface area contributed by atoms with E-state index in [-0.39, 0.29) is 11.8 Å². The summed E-state index contributed by atoms with van der Waals surface area (Å²) in [4.78, 5) is 27.4. The van der Waals surface area contributed by atoms with Crippen LogP contribution in [0.25, 0.3) is 0 Å². The van der Waals surface area contributed by atoms with Gasteiger partial charge < -0.3 is 9.80 Å². The lowest BCUT2D eigenvalue weighted by Crippen LogP contribution is -2.37. The van der Waals surface area contributed by atoms with Crippen molar-refractivity contribution in [3.63, 3.8) is 0 Å². The maximum Gasteiger partial charge on any atom is 0.253 e. The molecule has 2 rings (SSSR count). The Bertz CT molecular complexity index is 527. The van der Waals surface area contributed by atoms with E-state index in [1.54, 1.807) is 6.92 Å². The molecule has 1 heterocycles. The van der Waals surface area contributed by atoms with Crippen molar-refractivity contribution in [3.8, 4) is 0 Å². The third-order valence-electron chi connectivity index (χ3n) is 4.84. The average Bonchev–Trinajstić information content (AvgIpc) is 2.57. The largest absolute Gasteiger partial charge is 0.343 e. The van der Waals surface area contributed by atoms with E-state index in [1.165, 1.54) is 5.56 Å². The first-order valence-electron chi connectivity index (χ1n) is 8.68. The fourth-order valence-corrected chi connectivity index (χ4v) is 3.26. The van der Waals surface area contributed by atoms with Crippen molar-refractivity contribution in [1.82, 2.24) is 9.80 Å². The molecule has 2 amide bonds. The fourth-order valence-electron chi connectivity index (χ4n) is 3.26. The van der Waals surface area contributed by atoms with E-state index >= 15 is 0 Å². The molecule has 0 saturated carbocycles. The van der Waals surface area contributed by atoms with Gasteiger partial charge in [0.15, 0.2) is 0 Å². The summed E-state index contributed by atoms with van der Waals surface area (Å²) in [5.74, 6) is 0.925. The van der Waals surface area contributed by atoms with Gasteiger partial charge in [-0.25, -0.2) is 0 Å². The zero-order chi connectivity index (χ0) is 16.8. The Labute approximate surface area is 139 Å². The first kappa shape index (κ1) is 17.5. The standard InChI is InChI=1S/C19H28N2O2/c1-4-20(5-2)19(23)18-8-6-16(7-9-18)14-17-10-12-21(13-11-17)15(3)22/h6-9,17H,4-5,10-14H2,1-3H3. The Morgan fingerprint density at radius 3 is 2.13 bits per heavy atom. The molecule has 1 fully saturated rings. The highest BCUT2D eigenvalue weighted by molar-refractivity contribution is 5.94. The smallest absolute Gasteiger partial charge is 0.253 e. The molecular formula is C19H28N2O2. The number of benzene rings is 1. The van der Waals surface area contributed by atoms with Gasteiger partial charge in [-0.3, -0.25) is 9.59 Å². The molecule has 0 atom stereocenters. The van der Waals surface area contributed by atoms with E-state index in [2.05, 4.69) is 12.1 Å². The summed E-state index contributed by atoms with van der Waals surface area (Å²) in [7, 11) is 0.